The Hall–Kier alpha value is -3.21. The van der Waals surface area contributed by atoms with Gasteiger partial charge in [-0.3, -0.25) is 9.78 Å². The third-order valence-corrected chi connectivity index (χ3v) is 3.71. The van der Waals surface area contributed by atoms with Crippen molar-refractivity contribution in [3.63, 3.8) is 0 Å². The molecule has 2 heterocycles. The van der Waals surface area contributed by atoms with Crippen molar-refractivity contribution in [3.8, 4) is 11.1 Å². The van der Waals surface area contributed by atoms with Gasteiger partial charge in [0.1, 0.15) is 0 Å². The summed E-state index contributed by atoms with van der Waals surface area (Å²) < 4.78 is 0. The van der Waals surface area contributed by atoms with Gasteiger partial charge >= 0.3 is 0 Å². The zero-order valence-corrected chi connectivity index (χ0v) is 14.4. The molecule has 5 heteroatoms. The van der Waals surface area contributed by atoms with Gasteiger partial charge in [-0.2, -0.15) is 0 Å². The fourth-order valence-corrected chi connectivity index (χ4v) is 2.67. The summed E-state index contributed by atoms with van der Waals surface area (Å²) in [6.07, 6.45) is 5.11. The molecular weight excluding hydrogens is 314 g/mol. The number of H-pyrrole nitrogens is 1. The molecule has 1 aromatic carbocycles. The van der Waals surface area contributed by atoms with Crippen LogP contribution >= 0.6 is 0 Å². The van der Waals surface area contributed by atoms with E-state index in [9.17, 15) is 4.79 Å². The molecule has 2 aromatic heterocycles. The van der Waals surface area contributed by atoms with Gasteiger partial charge < -0.3 is 9.82 Å². The van der Waals surface area contributed by atoms with E-state index in [1.165, 1.54) is 0 Å². The van der Waals surface area contributed by atoms with E-state index in [0.29, 0.717) is 16.8 Å². The van der Waals surface area contributed by atoms with E-state index in [1.807, 2.05) is 57.2 Å². The van der Waals surface area contributed by atoms with Gasteiger partial charge in [-0.15, -0.1) is 0 Å². The first-order chi connectivity index (χ1) is 12.1. The Morgan fingerprint density at radius 3 is 2.64 bits per heavy atom. The molecule has 126 valence electrons. The van der Waals surface area contributed by atoms with Crippen LogP contribution in [0.15, 0.2) is 64.8 Å². The highest BCUT2D eigenvalue weighted by Crippen LogP contribution is 2.32. The highest BCUT2D eigenvalue weighted by Gasteiger charge is 2.19. The van der Waals surface area contributed by atoms with Crippen LogP contribution < -0.4 is 5.56 Å². The van der Waals surface area contributed by atoms with Crippen molar-refractivity contribution in [3.05, 3.63) is 70.8 Å². The third kappa shape index (κ3) is 3.35. The summed E-state index contributed by atoms with van der Waals surface area (Å²) in [5.41, 5.74) is 3.40. The number of rotatable bonds is 4. The molecule has 0 fully saturated rings. The van der Waals surface area contributed by atoms with Crippen LogP contribution in [0.1, 0.15) is 26.3 Å². The van der Waals surface area contributed by atoms with E-state index in [0.717, 1.165) is 22.2 Å². The third-order valence-electron chi connectivity index (χ3n) is 3.71. The smallest absolute Gasteiger partial charge is 0.260 e. The minimum atomic E-state index is -0.239. The number of pyridine rings is 2. The zero-order chi connectivity index (χ0) is 17.8. The summed E-state index contributed by atoms with van der Waals surface area (Å²) in [4.78, 5) is 25.4. The Kier molecular flexibility index (Phi) is 4.75. The number of benzene rings is 1. The fourth-order valence-electron chi connectivity index (χ4n) is 2.67. The van der Waals surface area contributed by atoms with E-state index >= 15 is 0 Å². The number of nitrogens with zero attached hydrogens (tertiary/aromatic N) is 2. The molecule has 3 rings (SSSR count). The van der Waals surface area contributed by atoms with Gasteiger partial charge in [-0.25, -0.2) is 0 Å². The predicted molar refractivity (Wildman–Crippen MR) is 101 cm³/mol. The van der Waals surface area contributed by atoms with Crippen molar-refractivity contribution in [1.82, 2.24) is 9.97 Å². The van der Waals surface area contributed by atoms with Gasteiger partial charge in [0.15, 0.2) is 5.76 Å². The number of aromatic amines is 1. The standard InChI is InChI=1S/C20H19N3O2/c1-4-17(25-23-13(2)3)19-18(14-8-6-5-7-9-14)15-10-11-21-12-16(15)22-20(19)24/h4-12H,1-3H3,(H,22,24)/b17-4-. The number of aromatic nitrogens is 2. The molecule has 0 atom stereocenters. The fraction of sp³-hybridized carbons (Fsp3) is 0.150. The van der Waals surface area contributed by atoms with Gasteiger partial charge in [-0.05, 0) is 38.5 Å². The van der Waals surface area contributed by atoms with Gasteiger partial charge in [0.25, 0.3) is 5.56 Å². The summed E-state index contributed by atoms with van der Waals surface area (Å²) in [5.74, 6) is 0.417. The predicted octanol–water partition coefficient (Wildman–Crippen LogP) is 4.36. The maximum absolute atomic E-state index is 12.8. The van der Waals surface area contributed by atoms with Crippen molar-refractivity contribution in [1.29, 1.82) is 0 Å². The van der Waals surface area contributed by atoms with Crippen LogP contribution in [0.3, 0.4) is 0 Å². The molecule has 0 aliphatic carbocycles. The van der Waals surface area contributed by atoms with Crippen LogP contribution in [0.2, 0.25) is 0 Å². The van der Waals surface area contributed by atoms with Crippen LogP contribution in [0.25, 0.3) is 27.8 Å². The van der Waals surface area contributed by atoms with E-state index in [4.69, 9.17) is 4.84 Å². The van der Waals surface area contributed by atoms with Gasteiger partial charge in [0.2, 0.25) is 0 Å². The second-order valence-corrected chi connectivity index (χ2v) is 5.77. The lowest BCUT2D eigenvalue weighted by Crippen LogP contribution is -2.15. The van der Waals surface area contributed by atoms with E-state index in [2.05, 4.69) is 15.1 Å². The van der Waals surface area contributed by atoms with E-state index in [1.54, 1.807) is 18.5 Å². The van der Waals surface area contributed by atoms with Crippen molar-refractivity contribution in [2.24, 2.45) is 5.16 Å². The second-order valence-electron chi connectivity index (χ2n) is 5.77. The van der Waals surface area contributed by atoms with Gasteiger partial charge in [0.05, 0.1) is 23.0 Å². The van der Waals surface area contributed by atoms with Crippen molar-refractivity contribution in [2.45, 2.75) is 20.8 Å². The number of oxime groups is 1. The van der Waals surface area contributed by atoms with Crippen molar-refractivity contribution in [2.75, 3.05) is 0 Å². The Labute approximate surface area is 145 Å². The monoisotopic (exact) mass is 333 g/mol. The Balaban J connectivity index is 2.36. The molecule has 0 saturated carbocycles. The van der Waals surface area contributed by atoms with Crippen molar-refractivity contribution >= 4 is 22.4 Å². The molecule has 25 heavy (non-hydrogen) atoms. The maximum atomic E-state index is 12.8. The first-order valence-electron chi connectivity index (χ1n) is 8.02. The normalized spacial score (nSPS) is 11.4. The Bertz CT molecular complexity index is 1010. The summed E-state index contributed by atoms with van der Waals surface area (Å²) in [5, 5.41) is 4.91. The van der Waals surface area contributed by atoms with Crippen LogP contribution in [-0.4, -0.2) is 15.7 Å². The summed E-state index contributed by atoms with van der Waals surface area (Å²) >= 11 is 0. The molecule has 0 aliphatic heterocycles. The summed E-state index contributed by atoms with van der Waals surface area (Å²) in [6.45, 7) is 5.49. The number of allylic oxidation sites excluding steroid dienone is 1. The highest BCUT2D eigenvalue weighted by molar-refractivity contribution is 5.99. The minimum Gasteiger partial charge on any atom is -0.357 e. The van der Waals surface area contributed by atoms with E-state index < -0.39 is 0 Å². The molecule has 0 amide bonds. The molecule has 0 radical (unpaired) electrons. The lowest BCUT2D eigenvalue weighted by molar-refractivity contribution is 0.296. The molecule has 3 aromatic rings. The Morgan fingerprint density at radius 2 is 1.96 bits per heavy atom. The average Bonchev–Trinajstić information content (AvgIpc) is 2.62. The number of hydrogen-bond donors (Lipinski definition) is 1. The number of fused-ring (bicyclic) bond motifs is 1. The summed E-state index contributed by atoms with van der Waals surface area (Å²) in [6, 6.07) is 11.7. The van der Waals surface area contributed by atoms with Crippen LogP contribution in [0.4, 0.5) is 0 Å². The maximum Gasteiger partial charge on any atom is 0.260 e. The van der Waals surface area contributed by atoms with Crippen molar-refractivity contribution < 1.29 is 4.84 Å². The minimum absolute atomic E-state index is 0.239. The Morgan fingerprint density at radius 1 is 1.20 bits per heavy atom. The SMILES string of the molecule is C/C=C(\ON=C(C)C)c1c(-c2ccccc2)c2ccncc2[nH]c1=O. The highest BCUT2D eigenvalue weighted by atomic mass is 16.6. The zero-order valence-electron chi connectivity index (χ0n) is 14.4. The lowest BCUT2D eigenvalue weighted by atomic mass is 9.96. The largest absolute Gasteiger partial charge is 0.357 e. The molecule has 0 spiro atoms. The first-order valence-corrected chi connectivity index (χ1v) is 8.02. The van der Waals surface area contributed by atoms with Crippen LogP contribution in [0, 0.1) is 0 Å². The molecular formula is C20H19N3O2. The molecule has 0 unspecified atom stereocenters. The van der Waals surface area contributed by atoms with Gasteiger partial charge in [0, 0.05) is 17.1 Å². The molecule has 0 saturated heterocycles. The second kappa shape index (κ2) is 7.13. The van der Waals surface area contributed by atoms with Crippen LogP contribution in [0.5, 0.6) is 0 Å². The van der Waals surface area contributed by atoms with Gasteiger partial charge in [-0.1, -0.05) is 35.5 Å². The van der Waals surface area contributed by atoms with E-state index in [-0.39, 0.29) is 5.56 Å². The average molecular weight is 333 g/mol. The summed E-state index contributed by atoms with van der Waals surface area (Å²) in [7, 11) is 0. The molecule has 1 N–H and O–H groups in total. The van der Waals surface area contributed by atoms with Crippen LogP contribution in [-0.2, 0) is 4.84 Å². The molecule has 5 nitrogen and oxygen atoms in total. The molecule has 0 aliphatic rings. The topological polar surface area (TPSA) is 67.3 Å². The number of nitrogens with one attached hydrogen (secondary N) is 1. The molecule has 0 bridgehead atoms. The lowest BCUT2D eigenvalue weighted by Gasteiger charge is -2.14. The quantitative estimate of drug-likeness (QED) is 0.438. The number of hydrogen-bond acceptors (Lipinski definition) is 4. The first kappa shape index (κ1) is 16.6.